The summed E-state index contributed by atoms with van der Waals surface area (Å²) in [7, 11) is 2.92. The molecule has 1 aliphatic rings. The monoisotopic (exact) mass is 426 g/mol. The Morgan fingerprint density at radius 3 is 2.50 bits per heavy atom. The van der Waals surface area contributed by atoms with Crippen LogP contribution in [-0.4, -0.2) is 44.3 Å². The Labute approximate surface area is 161 Å². The first-order valence-electron chi connectivity index (χ1n) is 8.27. The van der Waals surface area contributed by atoms with Gasteiger partial charge in [0.1, 0.15) is 0 Å². The lowest BCUT2D eigenvalue weighted by molar-refractivity contribution is -0.136. The molecule has 8 heteroatoms. The molecule has 0 spiro atoms. The molecule has 1 N–H and O–H groups in total. The number of methoxy groups -OCH3 is 1. The van der Waals surface area contributed by atoms with E-state index in [1.807, 2.05) is 13.8 Å². The number of nitrogens with zero attached hydrogens (tertiary/aromatic N) is 1. The number of esters is 1. The molecule has 142 valence electrons. The summed E-state index contributed by atoms with van der Waals surface area (Å²) in [5, 5.41) is 2.84. The summed E-state index contributed by atoms with van der Waals surface area (Å²) in [6.07, 6.45) is 0. The zero-order chi connectivity index (χ0) is 19.4. The highest BCUT2D eigenvalue weighted by molar-refractivity contribution is 9.10. The van der Waals surface area contributed by atoms with Crippen LogP contribution < -0.4 is 14.8 Å². The first kappa shape index (κ1) is 20.1. The molecule has 26 heavy (non-hydrogen) atoms. The highest BCUT2D eigenvalue weighted by Crippen LogP contribution is 2.41. The molecule has 7 nitrogen and oxygen atoms in total. The minimum absolute atomic E-state index is 0.303. The highest BCUT2D eigenvalue weighted by Gasteiger charge is 2.35. The van der Waals surface area contributed by atoms with E-state index in [1.54, 1.807) is 26.1 Å². The number of carbonyl (C=O) groups excluding carboxylic acids is 2. The van der Waals surface area contributed by atoms with Crippen molar-refractivity contribution in [3.8, 4) is 11.5 Å². The summed E-state index contributed by atoms with van der Waals surface area (Å²) in [6, 6.07) is 2.62. The lowest BCUT2D eigenvalue weighted by atomic mass is 9.94. The Morgan fingerprint density at radius 2 is 1.92 bits per heavy atom. The number of carbonyl (C=O) groups is 2. The summed E-state index contributed by atoms with van der Waals surface area (Å²) < 4.78 is 16.9. The van der Waals surface area contributed by atoms with E-state index >= 15 is 0 Å². The Morgan fingerprint density at radius 1 is 1.27 bits per heavy atom. The molecule has 0 bridgehead atoms. The van der Waals surface area contributed by atoms with E-state index in [2.05, 4.69) is 21.2 Å². The van der Waals surface area contributed by atoms with E-state index in [9.17, 15) is 9.59 Å². The predicted molar refractivity (Wildman–Crippen MR) is 100 cm³/mol. The first-order valence-corrected chi connectivity index (χ1v) is 9.07. The SMILES string of the molecule is CCOc1cc([C@H]2NC(=O)N(C)C(C)=C2C(=O)OC)cc(Br)c1OCC. The molecule has 1 aliphatic heterocycles. The van der Waals surface area contributed by atoms with Gasteiger partial charge in [-0.2, -0.15) is 0 Å². The molecule has 1 atom stereocenters. The fourth-order valence-corrected chi connectivity index (χ4v) is 3.34. The van der Waals surface area contributed by atoms with Gasteiger partial charge in [-0.05, 0) is 54.4 Å². The third-order valence-corrected chi connectivity index (χ3v) is 4.70. The number of nitrogens with one attached hydrogen (secondary N) is 1. The average molecular weight is 427 g/mol. The summed E-state index contributed by atoms with van der Waals surface area (Å²) in [6.45, 7) is 6.40. The van der Waals surface area contributed by atoms with Crippen LogP contribution in [0.2, 0.25) is 0 Å². The van der Waals surface area contributed by atoms with E-state index in [0.717, 1.165) is 0 Å². The van der Waals surface area contributed by atoms with Crippen molar-refractivity contribution >= 4 is 27.9 Å². The van der Waals surface area contributed by atoms with Gasteiger partial charge in [-0.25, -0.2) is 9.59 Å². The average Bonchev–Trinajstić information content (AvgIpc) is 2.61. The Kier molecular flexibility index (Phi) is 6.52. The molecule has 1 aromatic carbocycles. The van der Waals surface area contributed by atoms with Gasteiger partial charge in [-0.15, -0.1) is 0 Å². The number of allylic oxidation sites excluding steroid dienone is 1. The van der Waals surface area contributed by atoms with Gasteiger partial charge < -0.3 is 24.4 Å². The van der Waals surface area contributed by atoms with Gasteiger partial charge in [0, 0.05) is 12.7 Å². The van der Waals surface area contributed by atoms with Crippen LogP contribution in [0.3, 0.4) is 0 Å². The van der Waals surface area contributed by atoms with E-state index in [0.29, 0.717) is 46.0 Å². The van der Waals surface area contributed by atoms with Crippen molar-refractivity contribution in [3.63, 3.8) is 0 Å². The van der Waals surface area contributed by atoms with Gasteiger partial charge in [0.05, 0.1) is 36.4 Å². The number of rotatable bonds is 6. The van der Waals surface area contributed by atoms with Gasteiger partial charge in [-0.3, -0.25) is 0 Å². The molecular formula is C18H23BrN2O5. The Bertz CT molecular complexity index is 747. The summed E-state index contributed by atoms with van der Waals surface area (Å²) in [5.74, 6) is 0.619. The fraction of sp³-hybridized carbons (Fsp3) is 0.444. The van der Waals surface area contributed by atoms with Crippen molar-refractivity contribution in [3.05, 3.63) is 33.4 Å². The molecule has 1 aromatic rings. The fourth-order valence-electron chi connectivity index (χ4n) is 2.76. The van der Waals surface area contributed by atoms with E-state index in [1.165, 1.54) is 12.0 Å². The molecule has 0 aromatic heterocycles. The number of amides is 2. The molecule has 1 heterocycles. The molecule has 0 radical (unpaired) electrons. The van der Waals surface area contributed by atoms with Gasteiger partial charge in [0.15, 0.2) is 11.5 Å². The molecule has 0 aliphatic carbocycles. The van der Waals surface area contributed by atoms with Crippen LogP contribution in [-0.2, 0) is 9.53 Å². The highest BCUT2D eigenvalue weighted by atomic mass is 79.9. The van der Waals surface area contributed by atoms with Crippen LogP contribution in [0.5, 0.6) is 11.5 Å². The van der Waals surface area contributed by atoms with Crippen molar-refractivity contribution in [1.29, 1.82) is 0 Å². The summed E-state index contributed by atoms with van der Waals surface area (Å²) in [4.78, 5) is 26.0. The first-order chi connectivity index (χ1) is 12.3. The molecule has 2 rings (SSSR count). The second-order valence-corrected chi connectivity index (χ2v) is 6.48. The van der Waals surface area contributed by atoms with Crippen molar-refractivity contribution in [1.82, 2.24) is 10.2 Å². The maximum atomic E-state index is 12.4. The molecule has 0 unspecified atom stereocenters. The maximum Gasteiger partial charge on any atom is 0.337 e. The third kappa shape index (κ3) is 3.80. The largest absolute Gasteiger partial charge is 0.490 e. The second-order valence-electron chi connectivity index (χ2n) is 5.63. The number of hydrogen-bond acceptors (Lipinski definition) is 5. The predicted octanol–water partition coefficient (Wildman–Crippen LogP) is 3.39. The third-order valence-electron chi connectivity index (χ3n) is 4.11. The molecule has 0 saturated carbocycles. The van der Waals surface area contributed by atoms with Gasteiger partial charge >= 0.3 is 12.0 Å². The molecule has 0 saturated heterocycles. The van der Waals surface area contributed by atoms with Crippen LogP contribution in [0.15, 0.2) is 27.9 Å². The van der Waals surface area contributed by atoms with Crippen molar-refractivity contribution < 1.29 is 23.8 Å². The topological polar surface area (TPSA) is 77.1 Å². The number of urea groups is 1. The van der Waals surface area contributed by atoms with Crippen LogP contribution in [0.4, 0.5) is 4.79 Å². The second kappa shape index (κ2) is 8.44. The lowest BCUT2D eigenvalue weighted by Gasteiger charge is -2.33. The van der Waals surface area contributed by atoms with Crippen LogP contribution in [0, 0.1) is 0 Å². The Hall–Kier alpha value is -2.22. The van der Waals surface area contributed by atoms with E-state index in [4.69, 9.17) is 14.2 Å². The van der Waals surface area contributed by atoms with Gasteiger partial charge in [0.2, 0.25) is 0 Å². The van der Waals surface area contributed by atoms with E-state index < -0.39 is 12.0 Å². The quantitative estimate of drug-likeness (QED) is 0.705. The van der Waals surface area contributed by atoms with Crippen molar-refractivity contribution in [2.45, 2.75) is 26.8 Å². The summed E-state index contributed by atoms with van der Waals surface area (Å²) in [5.41, 5.74) is 1.59. The van der Waals surface area contributed by atoms with Crippen LogP contribution in [0.1, 0.15) is 32.4 Å². The Balaban J connectivity index is 2.60. The van der Waals surface area contributed by atoms with Crippen LogP contribution in [0.25, 0.3) is 0 Å². The van der Waals surface area contributed by atoms with Crippen molar-refractivity contribution in [2.24, 2.45) is 0 Å². The van der Waals surface area contributed by atoms with Crippen molar-refractivity contribution in [2.75, 3.05) is 27.4 Å². The molecule has 0 fully saturated rings. The van der Waals surface area contributed by atoms with Gasteiger partial charge in [0.25, 0.3) is 0 Å². The molecular weight excluding hydrogens is 404 g/mol. The lowest BCUT2D eigenvalue weighted by Crippen LogP contribution is -2.46. The number of hydrogen-bond donors (Lipinski definition) is 1. The summed E-state index contributed by atoms with van der Waals surface area (Å²) >= 11 is 3.49. The minimum atomic E-state index is -0.655. The van der Waals surface area contributed by atoms with Crippen LogP contribution >= 0.6 is 15.9 Å². The number of benzene rings is 1. The number of halogens is 1. The minimum Gasteiger partial charge on any atom is -0.490 e. The zero-order valence-electron chi connectivity index (χ0n) is 15.5. The number of ether oxygens (including phenoxy) is 3. The smallest absolute Gasteiger partial charge is 0.337 e. The zero-order valence-corrected chi connectivity index (χ0v) is 17.1. The van der Waals surface area contributed by atoms with Gasteiger partial charge in [-0.1, -0.05) is 0 Å². The maximum absolute atomic E-state index is 12.4. The normalized spacial score (nSPS) is 17.1. The molecule has 2 amide bonds. The standard InChI is InChI=1S/C18H23BrN2O5/c1-6-25-13-9-11(8-12(19)16(13)26-7-2)15-14(17(22)24-5)10(3)21(4)18(23)20-15/h8-9,15H,6-7H2,1-5H3,(H,20,23)/t15-/m1/s1. The van der Waals surface area contributed by atoms with E-state index in [-0.39, 0.29) is 6.03 Å².